The fourth-order valence-electron chi connectivity index (χ4n) is 2.47. The number of anilines is 1. The Balaban J connectivity index is 2.17. The molecule has 0 heterocycles. The van der Waals surface area contributed by atoms with Gasteiger partial charge in [-0.3, -0.25) is 4.79 Å². The summed E-state index contributed by atoms with van der Waals surface area (Å²) in [5, 5.41) is 4.60. The molecule has 0 radical (unpaired) electrons. The van der Waals surface area contributed by atoms with Crippen molar-refractivity contribution in [2.45, 2.75) is 32.5 Å². The van der Waals surface area contributed by atoms with Gasteiger partial charge >= 0.3 is 12.2 Å². The quantitative estimate of drug-likeness (QED) is 0.657. The number of Topliss-reactive ketones (excluding diaryl/α,β-unsaturated/α-hetero) is 1. The van der Waals surface area contributed by atoms with Crippen molar-refractivity contribution >= 4 is 29.1 Å². The lowest BCUT2D eigenvalue weighted by atomic mass is 9.92. The van der Waals surface area contributed by atoms with Crippen LogP contribution in [0.25, 0.3) is 0 Å². The highest BCUT2D eigenvalue weighted by atomic mass is 35.5. The molecule has 0 aliphatic heterocycles. The number of benzene rings is 2. The normalized spacial score (nSPS) is 11.8. The maximum absolute atomic E-state index is 12.9. The summed E-state index contributed by atoms with van der Waals surface area (Å²) in [5.74, 6) is -0.113. The third-order valence-corrected chi connectivity index (χ3v) is 4.28. The van der Waals surface area contributed by atoms with E-state index in [0.29, 0.717) is 11.1 Å². The number of urea groups is 1. The molecule has 0 atom stereocenters. The average Bonchev–Trinajstić information content (AvgIpc) is 2.55. The Morgan fingerprint density at radius 3 is 2.30 bits per heavy atom. The molecule has 0 bridgehead atoms. The summed E-state index contributed by atoms with van der Waals surface area (Å²) in [6.07, 6.45) is -4.63. The van der Waals surface area contributed by atoms with Crippen LogP contribution in [0, 0.1) is 0 Å². The topological polar surface area (TPSA) is 58.2 Å². The van der Waals surface area contributed by atoms with E-state index in [-0.39, 0.29) is 11.5 Å². The summed E-state index contributed by atoms with van der Waals surface area (Å²) in [7, 11) is 0. The minimum Gasteiger partial charge on any atom is -0.329 e. The maximum atomic E-state index is 12.9. The molecule has 2 aromatic rings. The van der Waals surface area contributed by atoms with Crippen LogP contribution in [0.15, 0.2) is 42.5 Å². The van der Waals surface area contributed by atoms with Crippen LogP contribution in [0.2, 0.25) is 5.02 Å². The molecule has 2 N–H and O–H groups in total. The second-order valence-corrected chi connectivity index (χ2v) is 6.94. The fraction of sp³-hybridized carbons (Fsp3) is 0.263. The number of nitrogens with one attached hydrogen (secondary N) is 2. The Hall–Kier alpha value is -2.54. The first kappa shape index (κ1) is 20.8. The lowest BCUT2D eigenvalue weighted by Gasteiger charge is -2.27. The molecule has 27 heavy (non-hydrogen) atoms. The van der Waals surface area contributed by atoms with Gasteiger partial charge in [0.15, 0.2) is 5.78 Å². The standard InChI is InChI=1S/C19H18ClF3N2O2/c1-11(26)12-5-4-6-13(9-12)18(2,3)25-17(27)24-14-7-8-16(20)15(10-14)19(21,22)23/h4-10H,1-3H3,(H2,24,25,27). The molecule has 8 heteroatoms. The Morgan fingerprint density at radius 2 is 1.70 bits per heavy atom. The largest absolute Gasteiger partial charge is 0.417 e. The minimum absolute atomic E-state index is 0.0440. The zero-order valence-electron chi connectivity index (χ0n) is 14.9. The van der Waals surface area contributed by atoms with E-state index in [2.05, 4.69) is 10.6 Å². The molecule has 0 saturated heterocycles. The van der Waals surface area contributed by atoms with Crippen molar-refractivity contribution in [2.75, 3.05) is 5.32 Å². The molecule has 0 unspecified atom stereocenters. The molecule has 0 fully saturated rings. The lowest BCUT2D eigenvalue weighted by Crippen LogP contribution is -2.43. The summed E-state index contributed by atoms with van der Waals surface area (Å²) in [6.45, 7) is 4.87. The van der Waals surface area contributed by atoms with Crippen molar-refractivity contribution in [2.24, 2.45) is 0 Å². The van der Waals surface area contributed by atoms with Gasteiger partial charge in [-0.1, -0.05) is 29.8 Å². The third-order valence-electron chi connectivity index (χ3n) is 3.95. The van der Waals surface area contributed by atoms with Crippen LogP contribution in [-0.2, 0) is 11.7 Å². The van der Waals surface area contributed by atoms with E-state index in [4.69, 9.17) is 11.6 Å². The minimum atomic E-state index is -4.63. The summed E-state index contributed by atoms with van der Waals surface area (Å²) in [5.41, 5.74) is -0.768. The van der Waals surface area contributed by atoms with Crippen LogP contribution in [-0.4, -0.2) is 11.8 Å². The highest BCUT2D eigenvalue weighted by Gasteiger charge is 2.33. The monoisotopic (exact) mass is 398 g/mol. The molecular weight excluding hydrogens is 381 g/mol. The summed E-state index contributed by atoms with van der Waals surface area (Å²) < 4.78 is 38.8. The summed E-state index contributed by atoms with van der Waals surface area (Å²) >= 11 is 5.57. The van der Waals surface area contributed by atoms with E-state index in [1.165, 1.54) is 13.0 Å². The predicted molar refractivity (Wildman–Crippen MR) is 98.1 cm³/mol. The van der Waals surface area contributed by atoms with Gasteiger partial charge in [-0.15, -0.1) is 0 Å². The van der Waals surface area contributed by atoms with Crippen molar-refractivity contribution in [1.29, 1.82) is 0 Å². The number of ketones is 1. The van der Waals surface area contributed by atoms with Crippen molar-refractivity contribution in [3.8, 4) is 0 Å². The van der Waals surface area contributed by atoms with Gasteiger partial charge in [-0.25, -0.2) is 4.79 Å². The first-order valence-electron chi connectivity index (χ1n) is 7.97. The maximum Gasteiger partial charge on any atom is 0.417 e. The molecule has 2 aromatic carbocycles. The number of alkyl halides is 3. The zero-order valence-corrected chi connectivity index (χ0v) is 15.6. The van der Waals surface area contributed by atoms with Gasteiger partial charge in [0.25, 0.3) is 0 Å². The van der Waals surface area contributed by atoms with E-state index < -0.39 is 28.3 Å². The van der Waals surface area contributed by atoms with E-state index >= 15 is 0 Å². The SMILES string of the molecule is CC(=O)c1cccc(C(C)(C)NC(=O)Nc2ccc(Cl)c(C(F)(F)F)c2)c1. The van der Waals surface area contributed by atoms with E-state index in [1.54, 1.807) is 38.1 Å². The molecule has 4 nitrogen and oxygen atoms in total. The summed E-state index contributed by atoms with van der Waals surface area (Å²) in [6, 6.07) is 9.19. The van der Waals surface area contributed by atoms with E-state index in [9.17, 15) is 22.8 Å². The molecule has 0 aliphatic carbocycles. The lowest BCUT2D eigenvalue weighted by molar-refractivity contribution is -0.137. The van der Waals surface area contributed by atoms with Crippen LogP contribution in [0.3, 0.4) is 0 Å². The number of amides is 2. The highest BCUT2D eigenvalue weighted by Crippen LogP contribution is 2.36. The van der Waals surface area contributed by atoms with Crippen LogP contribution in [0.1, 0.15) is 42.3 Å². The Labute approximate surface area is 159 Å². The van der Waals surface area contributed by atoms with Crippen molar-refractivity contribution in [3.05, 3.63) is 64.2 Å². The molecule has 0 aromatic heterocycles. The van der Waals surface area contributed by atoms with Crippen LogP contribution >= 0.6 is 11.6 Å². The van der Waals surface area contributed by atoms with Gasteiger partial charge < -0.3 is 10.6 Å². The number of halogens is 4. The summed E-state index contributed by atoms with van der Waals surface area (Å²) in [4.78, 5) is 23.8. The molecule has 2 amide bonds. The predicted octanol–water partition coefficient (Wildman–Crippen LogP) is 5.62. The number of hydrogen-bond acceptors (Lipinski definition) is 2. The van der Waals surface area contributed by atoms with Crippen molar-refractivity contribution in [1.82, 2.24) is 5.32 Å². The van der Waals surface area contributed by atoms with Gasteiger partial charge in [0.1, 0.15) is 0 Å². The Kier molecular flexibility index (Phi) is 5.85. The number of hydrogen-bond donors (Lipinski definition) is 2. The second-order valence-electron chi connectivity index (χ2n) is 6.53. The molecule has 144 valence electrons. The zero-order chi connectivity index (χ0) is 20.4. The smallest absolute Gasteiger partial charge is 0.329 e. The Morgan fingerprint density at radius 1 is 1.04 bits per heavy atom. The number of carbonyl (C=O) groups is 2. The van der Waals surface area contributed by atoms with Crippen molar-refractivity contribution in [3.63, 3.8) is 0 Å². The average molecular weight is 399 g/mol. The van der Waals surface area contributed by atoms with Crippen molar-refractivity contribution < 1.29 is 22.8 Å². The van der Waals surface area contributed by atoms with Gasteiger partial charge in [-0.2, -0.15) is 13.2 Å². The van der Waals surface area contributed by atoms with Gasteiger partial charge in [-0.05, 0) is 50.6 Å². The third kappa shape index (κ3) is 5.23. The molecular formula is C19H18ClF3N2O2. The van der Waals surface area contributed by atoms with Gasteiger partial charge in [0, 0.05) is 11.3 Å². The fourth-order valence-corrected chi connectivity index (χ4v) is 2.69. The van der Waals surface area contributed by atoms with E-state index in [1.807, 2.05) is 0 Å². The van der Waals surface area contributed by atoms with Gasteiger partial charge in [0.05, 0.1) is 16.1 Å². The molecule has 0 spiro atoms. The van der Waals surface area contributed by atoms with Crippen LogP contribution in [0.5, 0.6) is 0 Å². The van der Waals surface area contributed by atoms with Gasteiger partial charge in [0.2, 0.25) is 0 Å². The van der Waals surface area contributed by atoms with E-state index in [0.717, 1.165) is 12.1 Å². The molecule has 2 rings (SSSR count). The number of rotatable bonds is 4. The molecule has 0 aliphatic rings. The first-order chi connectivity index (χ1) is 12.4. The second kappa shape index (κ2) is 7.60. The first-order valence-corrected chi connectivity index (χ1v) is 8.35. The Bertz CT molecular complexity index is 879. The van der Waals surface area contributed by atoms with Crippen LogP contribution in [0.4, 0.5) is 23.7 Å². The van der Waals surface area contributed by atoms with Crippen LogP contribution < -0.4 is 10.6 Å². The highest BCUT2D eigenvalue weighted by molar-refractivity contribution is 6.31. The molecule has 0 saturated carbocycles. The number of carbonyl (C=O) groups excluding carboxylic acids is 2.